The summed E-state index contributed by atoms with van der Waals surface area (Å²) in [6, 6.07) is 9.95. The number of allylic oxidation sites excluding steroid dienone is 1. The van der Waals surface area contributed by atoms with Crippen LogP contribution >= 0.6 is 0 Å². The molecule has 1 aromatic rings. The van der Waals surface area contributed by atoms with Crippen molar-refractivity contribution in [3.63, 3.8) is 0 Å². The highest BCUT2D eigenvalue weighted by atomic mass is 16.2. The molecule has 0 saturated carbocycles. The van der Waals surface area contributed by atoms with Gasteiger partial charge >= 0.3 is 0 Å². The minimum Gasteiger partial charge on any atom is -0.378 e. The van der Waals surface area contributed by atoms with Crippen LogP contribution in [0, 0.1) is 0 Å². The van der Waals surface area contributed by atoms with Crippen LogP contribution in [0.2, 0.25) is 0 Å². The second-order valence-corrected chi connectivity index (χ2v) is 4.77. The molecule has 1 aliphatic heterocycles. The summed E-state index contributed by atoms with van der Waals surface area (Å²) >= 11 is 0. The number of amides is 1. The second-order valence-electron chi connectivity index (χ2n) is 4.77. The molecule has 19 heavy (non-hydrogen) atoms. The lowest BCUT2D eigenvalue weighted by molar-refractivity contribution is -0.120. The molecule has 1 aliphatic rings. The zero-order valence-electron chi connectivity index (χ0n) is 11.0. The molecule has 0 bridgehead atoms. The van der Waals surface area contributed by atoms with Crippen molar-refractivity contribution in [3.05, 3.63) is 47.7 Å². The van der Waals surface area contributed by atoms with Crippen LogP contribution < -0.4 is 10.6 Å². The lowest BCUT2D eigenvalue weighted by atomic mass is 10.1. The number of aryl methyl sites for hydroxylation is 1. The number of hydrogen-bond donors (Lipinski definition) is 2. The third kappa shape index (κ3) is 3.95. The molecule has 2 rings (SSSR count). The number of piperazine rings is 1. The first kappa shape index (κ1) is 13.3. The van der Waals surface area contributed by atoms with Gasteiger partial charge in [-0.2, -0.15) is 0 Å². The molecule has 0 spiro atoms. The van der Waals surface area contributed by atoms with E-state index in [1.807, 2.05) is 37.3 Å². The van der Waals surface area contributed by atoms with E-state index >= 15 is 0 Å². The third-order valence-corrected chi connectivity index (χ3v) is 3.03. The Morgan fingerprint density at radius 2 is 2.11 bits per heavy atom. The normalized spacial score (nSPS) is 20.8. The van der Waals surface area contributed by atoms with Crippen molar-refractivity contribution in [2.24, 2.45) is 0 Å². The molecular weight excluding hydrogens is 240 g/mol. The molecule has 100 valence electrons. The Kier molecular flexibility index (Phi) is 4.34. The molecule has 0 aromatic heterocycles. The average Bonchev–Trinajstić information content (AvgIpc) is 2.41. The van der Waals surface area contributed by atoms with E-state index in [0.717, 1.165) is 5.56 Å². The zero-order chi connectivity index (χ0) is 13.7. The van der Waals surface area contributed by atoms with E-state index < -0.39 is 0 Å². The summed E-state index contributed by atoms with van der Waals surface area (Å²) < 4.78 is 0. The van der Waals surface area contributed by atoms with Crippen LogP contribution in [-0.4, -0.2) is 24.3 Å². The number of benzene rings is 1. The zero-order valence-corrected chi connectivity index (χ0v) is 11.0. The standard InChI is InChI=1S/C15H18N2O2/c1-11-10-16-14(15(19)17-11)9-13(18)8-7-12-5-3-2-4-6-12/h2-6,9,11,16H,7-8,10H2,1H3,(H,17,19)/b14-9+/t11-/m0/s1. The summed E-state index contributed by atoms with van der Waals surface area (Å²) in [5.41, 5.74) is 1.50. The highest BCUT2D eigenvalue weighted by Crippen LogP contribution is 2.05. The van der Waals surface area contributed by atoms with E-state index in [9.17, 15) is 9.59 Å². The smallest absolute Gasteiger partial charge is 0.267 e. The van der Waals surface area contributed by atoms with Crippen molar-refractivity contribution in [2.75, 3.05) is 6.54 Å². The van der Waals surface area contributed by atoms with Gasteiger partial charge in [0.05, 0.1) is 0 Å². The van der Waals surface area contributed by atoms with Gasteiger partial charge in [-0.05, 0) is 18.9 Å². The van der Waals surface area contributed by atoms with Crippen molar-refractivity contribution in [1.82, 2.24) is 10.6 Å². The van der Waals surface area contributed by atoms with Gasteiger partial charge in [0.2, 0.25) is 0 Å². The number of carbonyl (C=O) groups is 2. The minimum absolute atomic E-state index is 0.0314. The van der Waals surface area contributed by atoms with Gasteiger partial charge in [0, 0.05) is 25.1 Å². The molecule has 0 aliphatic carbocycles. The first-order valence-electron chi connectivity index (χ1n) is 6.48. The molecule has 1 fully saturated rings. The predicted molar refractivity (Wildman–Crippen MR) is 73.5 cm³/mol. The van der Waals surface area contributed by atoms with Gasteiger partial charge in [0.15, 0.2) is 5.78 Å². The van der Waals surface area contributed by atoms with Gasteiger partial charge in [-0.15, -0.1) is 0 Å². The summed E-state index contributed by atoms with van der Waals surface area (Å²) in [6.45, 7) is 2.57. The topological polar surface area (TPSA) is 58.2 Å². The van der Waals surface area contributed by atoms with Gasteiger partial charge in [0.1, 0.15) is 5.70 Å². The summed E-state index contributed by atoms with van der Waals surface area (Å²) in [7, 11) is 0. The SMILES string of the molecule is C[C@H]1CN/C(=C/C(=O)CCc2ccccc2)C(=O)N1. The fourth-order valence-corrected chi connectivity index (χ4v) is 1.96. The molecule has 1 heterocycles. The molecule has 1 amide bonds. The lowest BCUT2D eigenvalue weighted by Crippen LogP contribution is -2.49. The fourth-order valence-electron chi connectivity index (χ4n) is 1.96. The van der Waals surface area contributed by atoms with E-state index in [-0.39, 0.29) is 17.7 Å². The van der Waals surface area contributed by atoms with Crippen LogP contribution in [0.3, 0.4) is 0 Å². The summed E-state index contributed by atoms with van der Waals surface area (Å²) in [5.74, 6) is -0.233. The van der Waals surface area contributed by atoms with Crippen molar-refractivity contribution >= 4 is 11.7 Å². The molecule has 1 aromatic carbocycles. The Bertz CT molecular complexity index is 494. The minimum atomic E-state index is -0.202. The van der Waals surface area contributed by atoms with Crippen LogP contribution in [0.1, 0.15) is 18.9 Å². The number of nitrogens with one attached hydrogen (secondary N) is 2. The lowest BCUT2D eigenvalue weighted by Gasteiger charge is -2.23. The van der Waals surface area contributed by atoms with Crippen LogP contribution in [0.4, 0.5) is 0 Å². The average molecular weight is 258 g/mol. The fraction of sp³-hybridized carbons (Fsp3) is 0.333. The van der Waals surface area contributed by atoms with Crippen LogP contribution in [0.25, 0.3) is 0 Å². The Balaban J connectivity index is 1.89. The quantitative estimate of drug-likeness (QED) is 0.797. The Labute approximate surface area is 112 Å². The van der Waals surface area contributed by atoms with E-state index in [2.05, 4.69) is 10.6 Å². The van der Waals surface area contributed by atoms with E-state index in [4.69, 9.17) is 0 Å². The predicted octanol–water partition coefficient (Wildman–Crippen LogP) is 1.18. The number of rotatable bonds is 4. The summed E-state index contributed by atoms with van der Waals surface area (Å²) in [4.78, 5) is 23.4. The Hall–Kier alpha value is -2.10. The van der Waals surface area contributed by atoms with Crippen molar-refractivity contribution in [1.29, 1.82) is 0 Å². The van der Waals surface area contributed by atoms with Gasteiger partial charge < -0.3 is 10.6 Å². The number of carbonyl (C=O) groups excluding carboxylic acids is 2. The first-order valence-corrected chi connectivity index (χ1v) is 6.48. The Morgan fingerprint density at radius 3 is 2.79 bits per heavy atom. The molecule has 0 unspecified atom stereocenters. The number of hydrogen-bond acceptors (Lipinski definition) is 3. The van der Waals surface area contributed by atoms with Crippen LogP contribution in [-0.2, 0) is 16.0 Å². The van der Waals surface area contributed by atoms with Gasteiger partial charge in [-0.25, -0.2) is 0 Å². The highest BCUT2D eigenvalue weighted by Gasteiger charge is 2.19. The van der Waals surface area contributed by atoms with E-state index in [1.165, 1.54) is 6.08 Å². The first-order chi connectivity index (χ1) is 9.15. The summed E-state index contributed by atoms with van der Waals surface area (Å²) in [6.07, 6.45) is 2.52. The largest absolute Gasteiger partial charge is 0.378 e. The van der Waals surface area contributed by atoms with Crippen LogP contribution in [0.15, 0.2) is 42.1 Å². The molecule has 1 saturated heterocycles. The summed E-state index contributed by atoms with van der Waals surface area (Å²) in [5, 5.41) is 5.76. The number of ketones is 1. The van der Waals surface area contributed by atoms with Crippen molar-refractivity contribution in [2.45, 2.75) is 25.8 Å². The van der Waals surface area contributed by atoms with E-state index in [1.54, 1.807) is 0 Å². The molecule has 0 radical (unpaired) electrons. The van der Waals surface area contributed by atoms with E-state index in [0.29, 0.717) is 25.1 Å². The highest BCUT2D eigenvalue weighted by molar-refractivity contribution is 6.01. The molecule has 2 N–H and O–H groups in total. The van der Waals surface area contributed by atoms with Crippen molar-refractivity contribution in [3.8, 4) is 0 Å². The van der Waals surface area contributed by atoms with Crippen LogP contribution in [0.5, 0.6) is 0 Å². The second kappa shape index (κ2) is 6.18. The Morgan fingerprint density at radius 1 is 1.37 bits per heavy atom. The van der Waals surface area contributed by atoms with Gasteiger partial charge in [-0.1, -0.05) is 30.3 Å². The molecular formula is C15H18N2O2. The maximum absolute atomic E-state index is 11.8. The van der Waals surface area contributed by atoms with Crippen molar-refractivity contribution < 1.29 is 9.59 Å². The molecule has 4 heteroatoms. The maximum Gasteiger partial charge on any atom is 0.267 e. The van der Waals surface area contributed by atoms with Gasteiger partial charge in [0.25, 0.3) is 5.91 Å². The molecule has 4 nitrogen and oxygen atoms in total. The molecule has 1 atom stereocenters. The third-order valence-electron chi connectivity index (χ3n) is 3.03. The van der Waals surface area contributed by atoms with Gasteiger partial charge in [-0.3, -0.25) is 9.59 Å². The maximum atomic E-state index is 11.8. The monoisotopic (exact) mass is 258 g/mol.